The van der Waals surface area contributed by atoms with Crippen LogP contribution in [0.3, 0.4) is 0 Å². The van der Waals surface area contributed by atoms with Gasteiger partial charge in [-0.05, 0) is 12.3 Å². The van der Waals surface area contributed by atoms with E-state index in [9.17, 15) is 0 Å². The Hall–Kier alpha value is -0.530. The maximum absolute atomic E-state index is 7.64. The summed E-state index contributed by atoms with van der Waals surface area (Å²) < 4.78 is 0. The Labute approximate surface area is 31.7 Å². The van der Waals surface area contributed by atoms with E-state index in [2.05, 4.69) is 5.10 Å². The van der Waals surface area contributed by atoms with Crippen LogP contribution in [0.15, 0.2) is 5.10 Å². The lowest BCUT2D eigenvalue weighted by Crippen LogP contribution is -1.63. The molecule has 0 aromatic rings. The number of hydrogen-bond acceptors (Lipinski definition) is 1. The van der Waals surface area contributed by atoms with E-state index in [1.807, 2.05) is 6.92 Å². The van der Waals surface area contributed by atoms with Crippen molar-refractivity contribution < 1.29 is 0 Å². The first-order valence-corrected chi connectivity index (χ1v) is 1.57. The quantitative estimate of drug-likeness (QED) is 0.317. The van der Waals surface area contributed by atoms with Gasteiger partial charge in [-0.25, -0.2) is 0 Å². The molecule has 0 unspecified atom stereocenters. The van der Waals surface area contributed by atoms with Crippen LogP contribution in [0, 0.1) is 0 Å². The van der Waals surface area contributed by atoms with Gasteiger partial charge in [-0.1, -0.05) is 6.92 Å². The molecule has 0 heterocycles. The third kappa shape index (κ3) is 3.47. The summed E-state index contributed by atoms with van der Waals surface area (Å²) in [6, 6.07) is 0. The van der Waals surface area contributed by atoms with Crippen LogP contribution in [0.4, 0.5) is 0 Å². The second-order valence-corrected chi connectivity index (χ2v) is 0.706. The van der Waals surface area contributed by atoms with Crippen LogP contribution >= 0.6 is 0 Å². The largest absolute Gasteiger partial charge is 0.142 e. The molecule has 0 N–H and O–H groups in total. The normalized spacial score (nSPS) is 9.80. The molecule has 2 nitrogen and oxygen atoms in total. The predicted molar refractivity (Wildman–Crippen MR) is 20.9 cm³/mol. The van der Waals surface area contributed by atoms with Crippen molar-refractivity contribution in [3.63, 3.8) is 0 Å². The van der Waals surface area contributed by atoms with Crippen molar-refractivity contribution in [1.82, 2.24) is 5.84 Å². The zero-order valence-corrected chi connectivity index (χ0v) is 3.18. The van der Waals surface area contributed by atoms with Crippen molar-refractivity contribution in [3.05, 3.63) is 0 Å². The van der Waals surface area contributed by atoms with Gasteiger partial charge in [0, 0.05) is 6.21 Å². The third-order valence-electron chi connectivity index (χ3n) is 0.264. The predicted octanol–water partition coefficient (Wildman–Crippen LogP) is 0.451. The average molecular weight is 70.1 g/mol. The van der Waals surface area contributed by atoms with Gasteiger partial charge in [0.2, 0.25) is 0 Å². The summed E-state index contributed by atoms with van der Waals surface area (Å²) in [7, 11) is 0. The van der Waals surface area contributed by atoms with Crippen LogP contribution in [0.1, 0.15) is 13.3 Å². The van der Waals surface area contributed by atoms with E-state index in [0.29, 0.717) is 0 Å². The van der Waals surface area contributed by atoms with E-state index in [1.165, 1.54) is 6.21 Å². The molecule has 28 valence electrons. The van der Waals surface area contributed by atoms with Gasteiger partial charge in [0.25, 0.3) is 0 Å². The van der Waals surface area contributed by atoms with Crippen LogP contribution in [-0.4, -0.2) is 6.21 Å². The van der Waals surface area contributed by atoms with Gasteiger partial charge in [-0.15, -0.1) is 5.10 Å². The summed E-state index contributed by atoms with van der Waals surface area (Å²) in [4.78, 5) is 0. The standard InChI is InChI=1S/C3H6N2/c1-2-3-5-4/h3H,2H2,1H3. The van der Waals surface area contributed by atoms with Gasteiger partial charge in [0.1, 0.15) is 0 Å². The maximum atomic E-state index is 7.64. The highest BCUT2D eigenvalue weighted by molar-refractivity contribution is 5.55. The van der Waals surface area contributed by atoms with Gasteiger partial charge in [0.05, 0.1) is 0 Å². The van der Waals surface area contributed by atoms with Gasteiger partial charge in [0.15, 0.2) is 0 Å². The number of hydrogen-bond donors (Lipinski definition) is 0. The fourth-order valence-corrected chi connectivity index (χ4v) is 0.0816. The molecule has 0 saturated heterocycles. The Bertz CT molecular complexity index is 31.9. The zero-order valence-electron chi connectivity index (χ0n) is 3.18. The number of rotatable bonds is 1. The molecule has 0 rings (SSSR count). The second-order valence-electron chi connectivity index (χ2n) is 0.706. The highest BCUT2D eigenvalue weighted by Crippen LogP contribution is 1.59. The molecule has 0 aliphatic heterocycles. The summed E-state index contributed by atoms with van der Waals surface area (Å²) in [5, 5.41) is 2.73. The topological polar surface area (TPSA) is 34.7 Å². The molecule has 0 amide bonds. The molecule has 0 aromatic carbocycles. The molecule has 0 fully saturated rings. The summed E-state index contributed by atoms with van der Waals surface area (Å²) in [6.07, 6.45) is 2.23. The minimum absolute atomic E-state index is 0.802. The summed E-state index contributed by atoms with van der Waals surface area (Å²) in [6.45, 7) is 1.90. The summed E-state index contributed by atoms with van der Waals surface area (Å²) in [5.74, 6) is 7.64. The SMILES string of the molecule is CCC=N[N]. The molecule has 0 bridgehead atoms. The molecule has 0 aliphatic carbocycles. The minimum atomic E-state index is 0.802. The highest BCUT2D eigenvalue weighted by atomic mass is 15.1. The molecule has 2 radical (unpaired) electrons. The first-order chi connectivity index (χ1) is 2.41. The lowest BCUT2D eigenvalue weighted by Gasteiger charge is -1.61. The summed E-state index contributed by atoms with van der Waals surface area (Å²) >= 11 is 0. The Morgan fingerprint density at radius 3 is 2.60 bits per heavy atom. The van der Waals surface area contributed by atoms with Crippen molar-refractivity contribution in [2.45, 2.75) is 13.3 Å². The zero-order chi connectivity index (χ0) is 4.12. The monoisotopic (exact) mass is 70.1 g/mol. The third-order valence-corrected chi connectivity index (χ3v) is 0.264. The number of nitrogens with zero attached hydrogens (tertiary/aromatic N) is 2. The van der Waals surface area contributed by atoms with Crippen molar-refractivity contribution in [3.8, 4) is 0 Å². The van der Waals surface area contributed by atoms with Crippen molar-refractivity contribution in [2.75, 3.05) is 0 Å². The fourth-order valence-electron chi connectivity index (χ4n) is 0.0816. The molecule has 0 spiro atoms. The molecule has 0 aromatic heterocycles. The van der Waals surface area contributed by atoms with Crippen LogP contribution < -0.4 is 5.84 Å². The Morgan fingerprint density at radius 1 is 2.00 bits per heavy atom. The Kier molecular flexibility index (Phi) is 3.10. The van der Waals surface area contributed by atoms with Gasteiger partial charge in [-0.2, -0.15) is 0 Å². The van der Waals surface area contributed by atoms with E-state index in [-0.39, 0.29) is 0 Å². The second kappa shape index (κ2) is 3.47. The lowest BCUT2D eigenvalue weighted by molar-refractivity contribution is 1.16. The van der Waals surface area contributed by atoms with Crippen LogP contribution in [0.2, 0.25) is 0 Å². The van der Waals surface area contributed by atoms with Gasteiger partial charge in [-0.3, -0.25) is 0 Å². The molecular weight excluding hydrogens is 64.0 g/mol. The Morgan fingerprint density at radius 2 is 2.60 bits per heavy atom. The van der Waals surface area contributed by atoms with Crippen molar-refractivity contribution in [2.24, 2.45) is 5.10 Å². The van der Waals surface area contributed by atoms with E-state index >= 15 is 0 Å². The lowest BCUT2D eigenvalue weighted by atomic mass is 10.6. The molecule has 0 aliphatic rings. The minimum Gasteiger partial charge on any atom is -0.142 e. The van der Waals surface area contributed by atoms with Crippen molar-refractivity contribution >= 4 is 6.21 Å². The van der Waals surface area contributed by atoms with E-state index in [0.717, 1.165) is 6.42 Å². The molecule has 0 saturated carbocycles. The van der Waals surface area contributed by atoms with Crippen molar-refractivity contribution in [1.29, 1.82) is 0 Å². The van der Waals surface area contributed by atoms with E-state index < -0.39 is 0 Å². The van der Waals surface area contributed by atoms with Gasteiger partial charge >= 0.3 is 0 Å². The summed E-state index contributed by atoms with van der Waals surface area (Å²) in [5.41, 5.74) is 0. The average Bonchev–Trinajstić information content (AvgIpc) is 1.41. The Balaban J connectivity index is 2.62. The molecule has 2 heteroatoms. The molecule has 0 atom stereocenters. The maximum Gasteiger partial charge on any atom is 0.0286 e. The fraction of sp³-hybridized carbons (Fsp3) is 0.667. The molecular formula is C3H6N2. The smallest absolute Gasteiger partial charge is 0.0286 e. The van der Waals surface area contributed by atoms with E-state index in [4.69, 9.17) is 5.84 Å². The van der Waals surface area contributed by atoms with E-state index in [1.54, 1.807) is 0 Å². The van der Waals surface area contributed by atoms with Gasteiger partial charge < -0.3 is 0 Å². The van der Waals surface area contributed by atoms with Crippen LogP contribution in [0.5, 0.6) is 0 Å². The first kappa shape index (κ1) is 4.47. The van der Waals surface area contributed by atoms with Crippen LogP contribution in [-0.2, 0) is 0 Å². The molecule has 5 heavy (non-hydrogen) atoms. The first-order valence-electron chi connectivity index (χ1n) is 1.57. The highest BCUT2D eigenvalue weighted by Gasteiger charge is 1.55. The van der Waals surface area contributed by atoms with Crippen LogP contribution in [0.25, 0.3) is 0 Å².